The number of esters is 3. The molecule has 0 aliphatic heterocycles. The van der Waals surface area contributed by atoms with Crippen LogP contribution in [0.4, 0.5) is 0 Å². The Hall–Kier alpha value is -2.63. The highest BCUT2D eigenvalue weighted by Crippen LogP contribution is 2.15. The zero-order valence-corrected chi connectivity index (χ0v) is 44.0. The van der Waals surface area contributed by atoms with Crippen molar-refractivity contribution < 1.29 is 28.6 Å². The fourth-order valence-electron chi connectivity index (χ4n) is 8.21. The van der Waals surface area contributed by atoms with Gasteiger partial charge in [-0.2, -0.15) is 0 Å². The van der Waals surface area contributed by atoms with E-state index in [1.165, 1.54) is 167 Å². The van der Waals surface area contributed by atoms with Crippen LogP contribution in [0.2, 0.25) is 0 Å². The zero-order chi connectivity index (χ0) is 47.9. The van der Waals surface area contributed by atoms with Crippen molar-refractivity contribution in [3.63, 3.8) is 0 Å². The van der Waals surface area contributed by atoms with Crippen molar-refractivity contribution >= 4 is 17.9 Å². The van der Waals surface area contributed by atoms with E-state index in [1.807, 2.05) is 0 Å². The van der Waals surface area contributed by atoms with Gasteiger partial charge in [-0.15, -0.1) is 0 Å². The van der Waals surface area contributed by atoms with Crippen molar-refractivity contribution in [3.05, 3.63) is 48.6 Å². The van der Waals surface area contributed by atoms with Crippen molar-refractivity contribution in [1.29, 1.82) is 0 Å². The van der Waals surface area contributed by atoms with Crippen LogP contribution in [0.5, 0.6) is 0 Å². The van der Waals surface area contributed by atoms with Crippen LogP contribution in [0, 0.1) is 0 Å². The molecular formula is C60H108O6. The summed E-state index contributed by atoms with van der Waals surface area (Å²) in [6.45, 7) is 6.60. The van der Waals surface area contributed by atoms with E-state index in [2.05, 4.69) is 69.4 Å². The number of rotatable bonds is 52. The van der Waals surface area contributed by atoms with Gasteiger partial charge in [0.1, 0.15) is 13.2 Å². The van der Waals surface area contributed by atoms with Gasteiger partial charge in [0, 0.05) is 19.3 Å². The lowest BCUT2D eigenvalue weighted by molar-refractivity contribution is -0.167. The van der Waals surface area contributed by atoms with Gasteiger partial charge >= 0.3 is 17.9 Å². The summed E-state index contributed by atoms with van der Waals surface area (Å²) in [7, 11) is 0. The SMILES string of the molecule is CCCCCC/C=C\C/C=C\CCCCCCCC(=O)OC(COC(=O)CCCCCCCCCCC)COC(=O)CCCCCCCCCCCCC/C=C\C/C=C\CCCCCCC. The fourth-order valence-corrected chi connectivity index (χ4v) is 8.21. The van der Waals surface area contributed by atoms with Gasteiger partial charge in [0.25, 0.3) is 0 Å². The first-order chi connectivity index (χ1) is 32.5. The highest BCUT2D eigenvalue weighted by atomic mass is 16.6. The summed E-state index contributed by atoms with van der Waals surface area (Å²) in [6, 6.07) is 0. The quantitative estimate of drug-likeness (QED) is 0.0262. The molecule has 66 heavy (non-hydrogen) atoms. The minimum Gasteiger partial charge on any atom is -0.462 e. The van der Waals surface area contributed by atoms with Gasteiger partial charge in [-0.1, -0.05) is 243 Å². The van der Waals surface area contributed by atoms with E-state index in [0.717, 1.165) is 89.9 Å². The molecule has 0 aliphatic carbocycles. The summed E-state index contributed by atoms with van der Waals surface area (Å²) in [6.07, 6.45) is 66.8. The van der Waals surface area contributed by atoms with E-state index in [1.54, 1.807) is 0 Å². The molecule has 384 valence electrons. The molecule has 0 aliphatic rings. The molecule has 1 atom stereocenters. The van der Waals surface area contributed by atoms with E-state index in [-0.39, 0.29) is 31.1 Å². The third-order valence-electron chi connectivity index (χ3n) is 12.6. The highest BCUT2D eigenvalue weighted by Gasteiger charge is 2.19. The summed E-state index contributed by atoms with van der Waals surface area (Å²) in [4.78, 5) is 38.0. The van der Waals surface area contributed by atoms with Gasteiger partial charge < -0.3 is 14.2 Å². The lowest BCUT2D eigenvalue weighted by atomic mass is 10.0. The highest BCUT2D eigenvalue weighted by molar-refractivity contribution is 5.71. The molecule has 6 nitrogen and oxygen atoms in total. The minimum absolute atomic E-state index is 0.0770. The lowest BCUT2D eigenvalue weighted by Crippen LogP contribution is -2.30. The summed E-state index contributed by atoms with van der Waals surface area (Å²) in [5, 5.41) is 0. The Kier molecular flexibility index (Phi) is 52.8. The van der Waals surface area contributed by atoms with Crippen LogP contribution in [-0.2, 0) is 28.6 Å². The molecule has 6 heteroatoms. The molecule has 0 saturated carbocycles. The molecule has 0 fully saturated rings. The topological polar surface area (TPSA) is 78.9 Å². The Balaban J connectivity index is 4.24. The second-order valence-corrected chi connectivity index (χ2v) is 19.2. The molecule has 0 rings (SSSR count). The average Bonchev–Trinajstić information content (AvgIpc) is 3.31. The molecule has 0 spiro atoms. The van der Waals surface area contributed by atoms with E-state index >= 15 is 0 Å². The van der Waals surface area contributed by atoms with Gasteiger partial charge in [0.05, 0.1) is 0 Å². The smallest absolute Gasteiger partial charge is 0.306 e. The number of ether oxygens (including phenoxy) is 3. The predicted octanol–water partition coefficient (Wildman–Crippen LogP) is 19.0. The molecule has 0 heterocycles. The Morgan fingerprint density at radius 2 is 0.545 bits per heavy atom. The number of carbonyl (C=O) groups is 3. The van der Waals surface area contributed by atoms with Crippen LogP contribution in [0.25, 0.3) is 0 Å². The number of hydrogen-bond donors (Lipinski definition) is 0. The first kappa shape index (κ1) is 63.4. The Labute approximate surface area is 409 Å². The second kappa shape index (κ2) is 55.0. The predicted molar refractivity (Wildman–Crippen MR) is 284 cm³/mol. The molecule has 0 aromatic carbocycles. The first-order valence-corrected chi connectivity index (χ1v) is 28.6. The third kappa shape index (κ3) is 52.3. The van der Waals surface area contributed by atoms with Crippen molar-refractivity contribution in [2.24, 2.45) is 0 Å². The maximum absolute atomic E-state index is 12.8. The summed E-state index contributed by atoms with van der Waals surface area (Å²) < 4.78 is 16.8. The molecule has 1 unspecified atom stereocenters. The maximum Gasteiger partial charge on any atom is 0.306 e. The largest absolute Gasteiger partial charge is 0.462 e. The first-order valence-electron chi connectivity index (χ1n) is 28.6. The number of carbonyl (C=O) groups excluding carboxylic acids is 3. The van der Waals surface area contributed by atoms with Crippen LogP contribution >= 0.6 is 0 Å². The lowest BCUT2D eigenvalue weighted by Gasteiger charge is -2.18. The maximum atomic E-state index is 12.8. The van der Waals surface area contributed by atoms with Crippen LogP contribution in [0.15, 0.2) is 48.6 Å². The van der Waals surface area contributed by atoms with E-state index in [0.29, 0.717) is 19.3 Å². The molecule has 0 radical (unpaired) electrons. The van der Waals surface area contributed by atoms with Crippen molar-refractivity contribution in [2.45, 2.75) is 303 Å². The molecular weight excluding hydrogens is 817 g/mol. The summed E-state index contributed by atoms with van der Waals surface area (Å²) in [5.74, 6) is -0.884. The zero-order valence-electron chi connectivity index (χ0n) is 44.0. The van der Waals surface area contributed by atoms with E-state index < -0.39 is 6.10 Å². The minimum atomic E-state index is -0.778. The van der Waals surface area contributed by atoms with E-state index in [4.69, 9.17) is 14.2 Å². The third-order valence-corrected chi connectivity index (χ3v) is 12.6. The van der Waals surface area contributed by atoms with Gasteiger partial charge in [0.15, 0.2) is 6.10 Å². The van der Waals surface area contributed by atoms with Crippen molar-refractivity contribution in [3.8, 4) is 0 Å². The van der Waals surface area contributed by atoms with Crippen molar-refractivity contribution in [2.75, 3.05) is 13.2 Å². The number of allylic oxidation sites excluding steroid dienone is 8. The van der Waals surface area contributed by atoms with Crippen molar-refractivity contribution in [1.82, 2.24) is 0 Å². The molecule has 0 N–H and O–H groups in total. The standard InChI is InChI=1S/C60H108O6/c1-4-7-10-13-16-19-21-23-25-27-28-29-30-31-32-33-35-36-38-41-44-47-50-53-59(62)65-56-57(55-64-58(61)52-49-46-43-40-18-15-12-9-6-3)66-60(63)54-51-48-45-42-39-37-34-26-24-22-20-17-14-11-8-5-2/h20-23,26-28,34,57H,4-19,24-25,29-33,35-56H2,1-3H3/b22-20-,23-21-,28-27-,34-26-. The summed E-state index contributed by atoms with van der Waals surface area (Å²) in [5.41, 5.74) is 0. The van der Waals surface area contributed by atoms with Crippen LogP contribution in [-0.4, -0.2) is 37.2 Å². The normalized spacial score (nSPS) is 12.3. The van der Waals surface area contributed by atoms with Gasteiger partial charge in [-0.3, -0.25) is 14.4 Å². The molecule has 0 bridgehead atoms. The molecule has 0 amide bonds. The van der Waals surface area contributed by atoms with Gasteiger partial charge in [0.2, 0.25) is 0 Å². The van der Waals surface area contributed by atoms with E-state index in [9.17, 15) is 14.4 Å². The molecule has 0 saturated heterocycles. The Morgan fingerprint density at radius 3 is 0.848 bits per heavy atom. The monoisotopic (exact) mass is 925 g/mol. The fraction of sp³-hybridized carbons (Fsp3) is 0.817. The van der Waals surface area contributed by atoms with Crippen LogP contribution in [0.1, 0.15) is 297 Å². The number of hydrogen-bond acceptors (Lipinski definition) is 6. The van der Waals surface area contributed by atoms with Gasteiger partial charge in [-0.05, 0) is 83.5 Å². The van der Waals surface area contributed by atoms with Crippen LogP contribution < -0.4 is 0 Å². The molecule has 0 aromatic heterocycles. The summed E-state index contributed by atoms with van der Waals surface area (Å²) >= 11 is 0. The molecule has 0 aromatic rings. The van der Waals surface area contributed by atoms with Crippen LogP contribution in [0.3, 0.4) is 0 Å². The second-order valence-electron chi connectivity index (χ2n) is 19.2. The van der Waals surface area contributed by atoms with Gasteiger partial charge in [-0.25, -0.2) is 0 Å². The number of unbranched alkanes of at least 4 members (excludes halogenated alkanes) is 33. The Bertz CT molecular complexity index is 1150. The average molecular weight is 926 g/mol. The Morgan fingerprint density at radius 1 is 0.303 bits per heavy atom.